The largest absolute Gasteiger partial charge is 0.339 e. The molecular weight excluding hydrogens is 855 g/mol. The Hall–Kier alpha value is -6.96. The van der Waals surface area contributed by atoms with Gasteiger partial charge in [-0.25, -0.2) is 19.9 Å². The van der Waals surface area contributed by atoms with Gasteiger partial charge in [0.15, 0.2) is 0 Å². The Morgan fingerprint density at radius 3 is 1.72 bits per heavy atom. The maximum Gasteiger partial charge on any atom is 0.252 e. The van der Waals surface area contributed by atoms with Crippen LogP contribution in [0.15, 0.2) is 85.7 Å². The summed E-state index contributed by atoms with van der Waals surface area (Å²) in [7, 11) is 2.14. The number of amides is 2. The normalized spacial score (nSPS) is 14.8. The highest BCUT2D eigenvalue weighted by Crippen LogP contribution is 2.30. The van der Waals surface area contributed by atoms with E-state index in [1.54, 1.807) is 80.2 Å². The van der Waals surface area contributed by atoms with E-state index >= 15 is 0 Å². The molecule has 6 heterocycles. The summed E-state index contributed by atoms with van der Waals surface area (Å²) in [6, 6.07) is 17.8. The van der Waals surface area contributed by atoms with Gasteiger partial charge < -0.3 is 31.5 Å². The first-order chi connectivity index (χ1) is 31.1. The monoisotopic (exact) mass is 900 g/mol. The van der Waals surface area contributed by atoms with Crippen molar-refractivity contribution in [1.29, 1.82) is 10.5 Å². The Morgan fingerprint density at radius 1 is 0.750 bits per heavy atom. The number of nitrogens with one attached hydrogen (secondary N) is 5. The number of halogens is 2. The summed E-state index contributed by atoms with van der Waals surface area (Å²) >= 11 is 12.7. The van der Waals surface area contributed by atoms with E-state index in [1.165, 1.54) is 0 Å². The number of nitrogens with zero attached hydrogens (tertiary/aromatic N) is 11. The Bertz CT molecular complexity index is 2620. The fourth-order valence-corrected chi connectivity index (χ4v) is 7.55. The van der Waals surface area contributed by atoms with Gasteiger partial charge in [0.05, 0.1) is 81.8 Å². The molecule has 2 aliphatic heterocycles. The fourth-order valence-electron chi connectivity index (χ4n) is 7.15. The van der Waals surface area contributed by atoms with Gasteiger partial charge in [-0.05, 0) is 90.1 Å². The highest BCUT2D eigenvalue weighted by molar-refractivity contribution is 6.33. The number of piperidine rings is 2. The lowest BCUT2D eigenvalue weighted by molar-refractivity contribution is 0.0943. The number of nitriles is 2. The van der Waals surface area contributed by atoms with E-state index in [2.05, 4.69) is 68.7 Å². The standard InChI is InChI=1S/2C22H23ClN8O/c1-30-10-6-18(7-11-30)31-14-17(12-27-31)28-22-26-13-19(23)20(29-22)15-2-4-16(5-3-15)21(32)25-9-8-24;1-14(10-24)28-21(32)16-4-2-15(3-5-16)20-19(23)12-26-22(30-20)29-17-11-27-31(13-17)18-6-8-25-9-7-18/h2-5,12-14,18H,6-7,9-11H2,1H3,(H,25,32)(H,26,28,29);2-5,11-14,18,25H,6-9H2,1H3,(H,28,32)(H,26,29,30). The van der Waals surface area contributed by atoms with Crippen LogP contribution in [0.2, 0.25) is 10.0 Å². The van der Waals surface area contributed by atoms with Crippen LogP contribution in [0.3, 0.4) is 0 Å². The predicted octanol–water partition coefficient (Wildman–Crippen LogP) is 6.56. The van der Waals surface area contributed by atoms with Gasteiger partial charge in [0.25, 0.3) is 11.8 Å². The van der Waals surface area contributed by atoms with E-state index in [0.29, 0.717) is 56.5 Å². The molecule has 328 valence electrons. The molecule has 2 fully saturated rings. The molecule has 2 aromatic carbocycles. The van der Waals surface area contributed by atoms with Gasteiger partial charge in [0.1, 0.15) is 12.6 Å². The molecule has 4 aromatic heterocycles. The van der Waals surface area contributed by atoms with Gasteiger partial charge in [-0.3, -0.25) is 19.0 Å². The first kappa shape index (κ1) is 45.1. The summed E-state index contributed by atoms with van der Waals surface area (Å²) in [6.07, 6.45) is 14.8. The Labute approximate surface area is 380 Å². The second-order valence-electron chi connectivity index (χ2n) is 15.3. The lowest BCUT2D eigenvalue weighted by Gasteiger charge is -2.28. The summed E-state index contributed by atoms with van der Waals surface area (Å²) in [5.41, 5.74) is 5.11. The van der Waals surface area contributed by atoms with Gasteiger partial charge in [-0.2, -0.15) is 20.7 Å². The lowest BCUT2D eigenvalue weighted by atomic mass is 10.1. The number of likely N-dealkylation sites (tertiary alicyclic amines) is 1. The van der Waals surface area contributed by atoms with Gasteiger partial charge >= 0.3 is 0 Å². The van der Waals surface area contributed by atoms with Crippen LogP contribution in [0.1, 0.15) is 65.4 Å². The number of aromatic nitrogens is 8. The summed E-state index contributed by atoms with van der Waals surface area (Å²) in [5, 5.41) is 42.1. The smallest absolute Gasteiger partial charge is 0.252 e. The van der Waals surface area contributed by atoms with Crippen LogP contribution in [0, 0.1) is 22.7 Å². The van der Waals surface area contributed by atoms with Crippen molar-refractivity contribution in [2.24, 2.45) is 0 Å². The maximum absolute atomic E-state index is 12.2. The average Bonchev–Trinajstić information content (AvgIpc) is 4.00. The minimum Gasteiger partial charge on any atom is -0.339 e. The Balaban J connectivity index is 0.000000191. The van der Waals surface area contributed by atoms with Crippen LogP contribution in [0.4, 0.5) is 23.3 Å². The first-order valence-electron chi connectivity index (χ1n) is 20.7. The van der Waals surface area contributed by atoms with E-state index < -0.39 is 6.04 Å². The van der Waals surface area contributed by atoms with E-state index in [1.807, 2.05) is 33.9 Å². The molecule has 6 aromatic rings. The van der Waals surface area contributed by atoms with Crippen LogP contribution in [-0.2, 0) is 0 Å². The molecule has 2 aliphatic rings. The van der Waals surface area contributed by atoms with Crippen LogP contribution >= 0.6 is 23.2 Å². The third-order valence-corrected chi connectivity index (χ3v) is 11.2. The van der Waals surface area contributed by atoms with E-state index in [-0.39, 0.29) is 18.4 Å². The zero-order valence-corrected chi connectivity index (χ0v) is 36.7. The van der Waals surface area contributed by atoms with Gasteiger partial charge in [0, 0.05) is 34.6 Å². The zero-order valence-electron chi connectivity index (χ0n) is 35.2. The molecule has 1 atom stereocenters. The molecule has 1 unspecified atom stereocenters. The van der Waals surface area contributed by atoms with E-state index in [0.717, 1.165) is 74.4 Å². The summed E-state index contributed by atoms with van der Waals surface area (Å²) in [5.74, 6) is 0.186. The van der Waals surface area contributed by atoms with Crippen molar-refractivity contribution in [2.75, 3.05) is 50.4 Å². The fraction of sp³-hybridized carbons (Fsp3) is 0.318. The average molecular weight is 902 g/mol. The topological polar surface area (TPSA) is 232 Å². The molecule has 0 radical (unpaired) electrons. The highest BCUT2D eigenvalue weighted by atomic mass is 35.5. The van der Waals surface area contributed by atoms with Gasteiger partial charge in [0.2, 0.25) is 11.9 Å². The molecule has 2 saturated heterocycles. The predicted molar refractivity (Wildman–Crippen MR) is 243 cm³/mol. The van der Waals surface area contributed by atoms with Crippen molar-refractivity contribution in [2.45, 2.75) is 50.7 Å². The number of benzene rings is 2. The quantitative estimate of drug-likeness (QED) is 0.0819. The van der Waals surface area contributed by atoms with Crippen LogP contribution < -0.4 is 26.6 Å². The SMILES string of the molecule is CC(C#N)NC(=O)c1ccc(-c2nc(Nc3cnn(C4CCNCC4)c3)ncc2Cl)cc1.CN1CCC(n2cc(Nc3ncc(Cl)c(-c4ccc(C(=O)NCC#N)cc4)n3)cn2)CC1. The molecule has 5 N–H and O–H groups in total. The second kappa shape index (κ2) is 21.4. The Kier molecular flexibility index (Phi) is 15.1. The van der Waals surface area contributed by atoms with Crippen molar-refractivity contribution >= 4 is 58.3 Å². The minimum absolute atomic E-state index is 0.0399. The molecule has 20 heteroatoms. The van der Waals surface area contributed by atoms with Gasteiger partial charge in [-0.15, -0.1) is 0 Å². The number of carbonyl (C=O) groups excluding carboxylic acids is 2. The van der Waals surface area contributed by atoms with Crippen molar-refractivity contribution in [3.63, 3.8) is 0 Å². The summed E-state index contributed by atoms with van der Waals surface area (Å²) in [4.78, 5) is 44.1. The van der Waals surface area contributed by atoms with Crippen molar-refractivity contribution in [3.05, 3.63) is 107 Å². The van der Waals surface area contributed by atoms with Crippen molar-refractivity contribution < 1.29 is 9.59 Å². The van der Waals surface area contributed by atoms with E-state index in [4.69, 9.17) is 33.7 Å². The minimum atomic E-state index is -0.564. The molecule has 0 saturated carbocycles. The zero-order chi connectivity index (χ0) is 45.0. The van der Waals surface area contributed by atoms with Crippen LogP contribution in [0.5, 0.6) is 0 Å². The highest BCUT2D eigenvalue weighted by Gasteiger charge is 2.20. The maximum atomic E-state index is 12.2. The molecule has 0 aliphatic carbocycles. The number of rotatable bonds is 12. The number of carbonyl (C=O) groups is 2. The molecule has 64 heavy (non-hydrogen) atoms. The molecule has 0 spiro atoms. The van der Waals surface area contributed by atoms with Crippen molar-refractivity contribution in [3.8, 4) is 34.7 Å². The number of anilines is 4. The van der Waals surface area contributed by atoms with Crippen LogP contribution in [0.25, 0.3) is 22.5 Å². The molecule has 0 bridgehead atoms. The second-order valence-corrected chi connectivity index (χ2v) is 16.1. The molecular formula is C44H46Cl2N16O2. The lowest BCUT2D eigenvalue weighted by Crippen LogP contribution is -2.31. The van der Waals surface area contributed by atoms with Crippen molar-refractivity contribution in [1.82, 2.24) is 60.3 Å². The molecule has 8 rings (SSSR count). The summed E-state index contributed by atoms with van der Waals surface area (Å²) < 4.78 is 3.99. The number of hydrogen-bond donors (Lipinski definition) is 5. The van der Waals surface area contributed by atoms with Crippen LogP contribution in [-0.4, -0.2) is 102 Å². The first-order valence-corrected chi connectivity index (χ1v) is 21.5. The Morgan fingerprint density at radius 2 is 1.23 bits per heavy atom. The molecule has 18 nitrogen and oxygen atoms in total. The van der Waals surface area contributed by atoms with E-state index in [9.17, 15) is 9.59 Å². The summed E-state index contributed by atoms with van der Waals surface area (Å²) in [6.45, 7) is 5.70. The van der Waals surface area contributed by atoms with Gasteiger partial charge in [-0.1, -0.05) is 47.5 Å². The third-order valence-electron chi connectivity index (χ3n) is 10.7. The third kappa shape index (κ3) is 11.7. The molecule has 2 amide bonds. The number of hydrogen-bond acceptors (Lipinski definition) is 14.